The van der Waals surface area contributed by atoms with Gasteiger partial charge < -0.3 is 5.32 Å². The lowest BCUT2D eigenvalue weighted by Gasteiger charge is -2.25. The van der Waals surface area contributed by atoms with E-state index in [4.69, 9.17) is 0 Å². The summed E-state index contributed by atoms with van der Waals surface area (Å²) in [5, 5.41) is 2.93. The SMILES string of the molecule is Cc1cccc(N2C(=O)CS[C@@H]2c2ccc(NC(=O)C3CC3)cc2)c1. The van der Waals surface area contributed by atoms with Gasteiger partial charge in [-0.25, -0.2) is 0 Å². The quantitative estimate of drug-likeness (QED) is 0.900. The molecule has 2 aliphatic rings. The van der Waals surface area contributed by atoms with Gasteiger partial charge in [0, 0.05) is 17.3 Å². The molecule has 25 heavy (non-hydrogen) atoms. The molecule has 4 rings (SSSR count). The fourth-order valence-corrected chi connectivity index (χ4v) is 4.23. The monoisotopic (exact) mass is 352 g/mol. The standard InChI is InChI=1S/C20H20N2O2S/c1-13-3-2-4-17(11-13)22-18(23)12-25-20(22)15-7-9-16(10-8-15)21-19(24)14-5-6-14/h2-4,7-11,14,20H,5-6,12H2,1H3,(H,21,24)/t20-/m1/s1. The third-order valence-electron chi connectivity index (χ3n) is 4.56. The Morgan fingerprint density at radius 2 is 1.92 bits per heavy atom. The normalized spacial score (nSPS) is 20.0. The first-order valence-electron chi connectivity index (χ1n) is 8.53. The van der Waals surface area contributed by atoms with Crippen LogP contribution >= 0.6 is 11.8 Å². The number of hydrogen-bond acceptors (Lipinski definition) is 3. The summed E-state index contributed by atoms with van der Waals surface area (Å²) in [4.78, 5) is 26.1. The molecule has 1 aliphatic heterocycles. The Balaban J connectivity index is 1.55. The molecule has 2 amide bonds. The van der Waals surface area contributed by atoms with Crippen LogP contribution in [0.25, 0.3) is 0 Å². The fourth-order valence-electron chi connectivity index (χ4n) is 3.05. The molecule has 0 bridgehead atoms. The number of amides is 2. The molecule has 1 N–H and O–H groups in total. The lowest BCUT2D eigenvalue weighted by molar-refractivity contribution is -0.117. The number of aryl methyl sites for hydroxylation is 1. The fraction of sp³-hybridized carbons (Fsp3) is 0.300. The van der Waals surface area contributed by atoms with Crippen LogP contribution in [0.3, 0.4) is 0 Å². The van der Waals surface area contributed by atoms with E-state index in [0.717, 1.165) is 35.3 Å². The third-order valence-corrected chi connectivity index (χ3v) is 5.77. The van der Waals surface area contributed by atoms with E-state index in [1.807, 2.05) is 60.4 Å². The molecule has 1 heterocycles. The van der Waals surface area contributed by atoms with E-state index in [0.29, 0.717) is 5.75 Å². The van der Waals surface area contributed by atoms with Crippen LogP contribution in [0.2, 0.25) is 0 Å². The van der Waals surface area contributed by atoms with Gasteiger partial charge in [0.2, 0.25) is 11.8 Å². The minimum absolute atomic E-state index is 0.0255. The predicted molar refractivity (Wildman–Crippen MR) is 102 cm³/mol. The summed E-state index contributed by atoms with van der Waals surface area (Å²) in [5.41, 5.74) is 3.96. The maximum absolute atomic E-state index is 12.4. The summed E-state index contributed by atoms with van der Waals surface area (Å²) in [6, 6.07) is 15.9. The van der Waals surface area contributed by atoms with E-state index in [-0.39, 0.29) is 23.1 Å². The molecular formula is C20H20N2O2S. The van der Waals surface area contributed by atoms with Crippen LogP contribution in [0.15, 0.2) is 48.5 Å². The first-order valence-corrected chi connectivity index (χ1v) is 9.58. The number of anilines is 2. The molecule has 0 radical (unpaired) electrons. The smallest absolute Gasteiger partial charge is 0.238 e. The topological polar surface area (TPSA) is 49.4 Å². The number of rotatable bonds is 4. The number of nitrogens with one attached hydrogen (secondary N) is 1. The second-order valence-corrected chi connectivity index (χ2v) is 7.72. The van der Waals surface area contributed by atoms with E-state index in [9.17, 15) is 9.59 Å². The average Bonchev–Trinajstić information content (AvgIpc) is 3.38. The summed E-state index contributed by atoms with van der Waals surface area (Å²) in [5.74, 6) is 0.921. The van der Waals surface area contributed by atoms with Crippen LogP contribution in [0.4, 0.5) is 11.4 Å². The number of carbonyl (C=O) groups excluding carboxylic acids is 2. The van der Waals surface area contributed by atoms with Crippen molar-refractivity contribution in [2.45, 2.75) is 25.1 Å². The first kappa shape index (κ1) is 16.2. The van der Waals surface area contributed by atoms with Crippen LogP contribution in [0.1, 0.15) is 29.3 Å². The van der Waals surface area contributed by atoms with Crippen molar-refractivity contribution in [1.29, 1.82) is 0 Å². The number of hydrogen-bond donors (Lipinski definition) is 1. The zero-order chi connectivity index (χ0) is 17.4. The Bertz CT molecular complexity index is 815. The molecule has 1 aliphatic carbocycles. The average molecular weight is 352 g/mol. The van der Waals surface area contributed by atoms with E-state index < -0.39 is 0 Å². The Morgan fingerprint density at radius 3 is 2.60 bits per heavy atom. The molecule has 4 nitrogen and oxygen atoms in total. The molecule has 0 aromatic heterocycles. The maximum Gasteiger partial charge on any atom is 0.238 e. The number of nitrogens with zero attached hydrogens (tertiary/aromatic N) is 1. The third kappa shape index (κ3) is 3.42. The highest BCUT2D eigenvalue weighted by atomic mass is 32.2. The molecule has 1 saturated heterocycles. The van der Waals surface area contributed by atoms with Crippen molar-refractivity contribution >= 4 is 35.0 Å². The Kier molecular flexibility index (Phi) is 4.25. The highest BCUT2D eigenvalue weighted by molar-refractivity contribution is 8.00. The molecule has 1 saturated carbocycles. The highest BCUT2D eigenvalue weighted by Crippen LogP contribution is 2.42. The van der Waals surface area contributed by atoms with Crippen molar-refractivity contribution in [2.24, 2.45) is 5.92 Å². The molecule has 2 fully saturated rings. The van der Waals surface area contributed by atoms with Gasteiger partial charge in [0.05, 0.1) is 5.75 Å². The van der Waals surface area contributed by atoms with E-state index in [1.165, 1.54) is 0 Å². The highest BCUT2D eigenvalue weighted by Gasteiger charge is 2.34. The van der Waals surface area contributed by atoms with E-state index in [1.54, 1.807) is 11.8 Å². The first-order chi connectivity index (χ1) is 12.1. The number of thioether (sulfide) groups is 1. The van der Waals surface area contributed by atoms with Gasteiger partial charge in [0.25, 0.3) is 0 Å². The van der Waals surface area contributed by atoms with Gasteiger partial charge in [-0.15, -0.1) is 11.8 Å². The zero-order valence-electron chi connectivity index (χ0n) is 14.1. The lowest BCUT2D eigenvalue weighted by atomic mass is 10.1. The Labute approximate surface area is 151 Å². The molecular weight excluding hydrogens is 332 g/mol. The molecule has 5 heteroatoms. The Hall–Kier alpha value is -2.27. The second kappa shape index (κ2) is 6.56. The van der Waals surface area contributed by atoms with Crippen LogP contribution < -0.4 is 10.2 Å². The summed E-state index contributed by atoms with van der Waals surface area (Å²) < 4.78 is 0. The van der Waals surface area contributed by atoms with Gasteiger partial charge in [-0.1, -0.05) is 24.3 Å². The van der Waals surface area contributed by atoms with Gasteiger partial charge in [-0.2, -0.15) is 0 Å². The Morgan fingerprint density at radius 1 is 1.16 bits per heavy atom. The van der Waals surface area contributed by atoms with Crippen molar-refractivity contribution in [2.75, 3.05) is 16.0 Å². The molecule has 2 aromatic carbocycles. The minimum Gasteiger partial charge on any atom is -0.326 e. The van der Waals surface area contributed by atoms with Crippen molar-refractivity contribution in [3.05, 3.63) is 59.7 Å². The maximum atomic E-state index is 12.4. The molecule has 128 valence electrons. The van der Waals surface area contributed by atoms with Crippen molar-refractivity contribution < 1.29 is 9.59 Å². The number of carbonyl (C=O) groups is 2. The van der Waals surface area contributed by atoms with Gasteiger partial charge in [0.15, 0.2) is 0 Å². The van der Waals surface area contributed by atoms with Crippen molar-refractivity contribution in [3.8, 4) is 0 Å². The van der Waals surface area contributed by atoms with Gasteiger partial charge in [0.1, 0.15) is 5.37 Å². The van der Waals surface area contributed by atoms with Crippen LogP contribution in [0, 0.1) is 12.8 Å². The second-order valence-electron chi connectivity index (χ2n) is 6.65. The van der Waals surface area contributed by atoms with Crippen LogP contribution in [-0.2, 0) is 9.59 Å². The van der Waals surface area contributed by atoms with Gasteiger partial charge in [-0.3, -0.25) is 14.5 Å². The largest absolute Gasteiger partial charge is 0.326 e. The lowest BCUT2D eigenvalue weighted by Crippen LogP contribution is -2.27. The molecule has 0 spiro atoms. The molecule has 1 atom stereocenters. The summed E-state index contributed by atoms with van der Waals surface area (Å²) in [6.45, 7) is 2.03. The summed E-state index contributed by atoms with van der Waals surface area (Å²) in [6.07, 6.45) is 1.99. The van der Waals surface area contributed by atoms with Crippen LogP contribution in [-0.4, -0.2) is 17.6 Å². The van der Waals surface area contributed by atoms with Crippen molar-refractivity contribution in [1.82, 2.24) is 0 Å². The minimum atomic E-state index is -0.0255. The molecule has 0 unspecified atom stereocenters. The van der Waals surface area contributed by atoms with Crippen LogP contribution in [0.5, 0.6) is 0 Å². The van der Waals surface area contributed by atoms with Gasteiger partial charge in [-0.05, 0) is 55.2 Å². The summed E-state index contributed by atoms with van der Waals surface area (Å²) in [7, 11) is 0. The zero-order valence-corrected chi connectivity index (χ0v) is 14.9. The number of benzene rings is 2. The predicted octanol–water partition coefficient (Wildman–Crippen LogP) is 4.12. The van der Waals surface area contributed by atoms with E-state index in [2.05, 4.69) is 5.32 Å². The van der Waals surface area contributed by atoms with Gasteiger partial charge >= 0.3 is 0 Å². The summed E-state index contributed by atoms with van der Waals surface area (Å²) >= 11 is 1.64. The van der Waals surface area contributed by atoms with E-state index >= 15 is 0 Å². The van der Waals surface area contributed by atoms with Crippen molar-refractivity contribution in [3.63, 3.8) is 0 Å². The molecule has 2 aromatic rings.